The number of rotatable bonds is 1. The SMILES string of the molecule is COC(=O)c1cc(N)c2cc(F)ccc2n1. The molecule has 1 aromatic heterocycles. The number of methoxy groups -OCH3 is 1. The predicted octanol–water partition coefficient (Wildman–Crippen LogP) is 1.74. The van der Waals surface area contributed by atoms with Gasteiger partial charge in [-0.2, -0.15) is 0 Å². The van der Waals surface area contributed by atoms with E-state index < -0.39 is 11.8 Å². The van der Waals surface area contributed by atoms with Crippen molar-refractivity contribution in [1.82, 2.24) is 4.98 Å². The maximum atomic E-state index is 13.0. The lowest BCUT2D eigenvalue weighted by Gasteiger charge is -2.04. The van der Waals surface area contributed by atoms with Crippen molar-refractivity contribution < 1.29 is 13.9 Å². The van der Waals surface area contributed by atoms with Crippen LogP contribution < -0.4 is 5.73 Å². The second-order valence-corrected chi connectivity index (χ2v) is 3.25. The summed E-state index contributed by atoms with van der Waals surface area (Å²) in [6, 6.07) is 5.37. The number of halogens is 1. The average Bonchev–Trinajstić information content (AvgIpc) is 2.28. The van der Waals surface area contributed by atoms with E-state index in [1.54, 1.807) is 0 Å². The third-order valence-corrected chi connectivity index (χ3v) is 2.20. The topological polar surface area (TPSA) is 65.2 Å². The highest BCUT2D eigenvalue weighted by Gasteiger charge is 2.11. The van der Waals surface area contributed by atoms with E-state index in [2.05, 4.69) is 9.72 Å². The van der Waals surface area contributed by atoms with Crippen molar-refractivity contribution in [2.75, 3.05) is 12.8 Å². The minimum atomic E-state index is -0.571. The smallest absolute Gasteiger partial charge is 0.356 e. The molecule has 0 spiro atoms. The number of esters is 1. The van der Waals surface area contributed by atoms with Gasteiger partial charge in [-0.25, -0.2) is 14.2 Å². The largest absolute Gasteiger partial charge is 0.464 e. The van der Waals surface area contributed by atoms with Gasteiger partial charge in [0.15, 0.2) is 5.69 Å². The van der Waals surface area contributed by atoms with E-state index in [0.717, 1.165) is 0 Å². The van der Waals surface area contributed by atoms with E-state index in [1.165, 1.54) is 31.4 Å². The number of ether oxygens (including phenoxy) is 1. The van der Waals surface area contributed by atoms with Gasteiger partial charge in [0, 0.05) is 11.1 Å². The van der Waals surface area contributed by atoms with Gasteiger partial charge in [-0.15, -0.1) is 0 Å². The number of nitrogens with two attached hydrogens (primary N) is 1. The molecule has 16 heavy (non-hydrogen) atoms. The second-order valence-electron chi connectivity index (χ2n) is 3.25. The number of carbonyl (C=O) groups is 1. The summed E-state index contributed by atoms with van der Waals surface area (Å²) >= 11 is 0. The Kier molecular flexibility index (Phi) is 2.44. The summed E-state index contributed by atoms with van der Waals surface area (Å²) in [5.74, 6) is -0.968. The third kappa shape index (κ3) is 1.67. The van der Waals surface area contributed by atoms with Crippen LogP contribution in [0.4, 0.5) is 10.1 Å². The summed E-state index contributed by atoms with van der Waals surface area (Å²) in [5, 5.41) is 0.479. The first-order valence-electron chi connectivity index (χ1n) is 4.56. The first kappa shape index (κ1) is 10.4. The van der Waals surface area contributed by atoms with Gasteiger partial charge in [0.2, 0.25) is 0 Å². The third-order valence-electron chi connectivity index (χ3n) is 2.20. The summed E-state index contributed by atoms with van der Waals surface area (Å²) in [7, 11) is 1.26. The fraction of sp³-hybridized carbons (Fsp3) is 0.0909. The van der Waals surface area contributed by atoms with Crippen molar-refractivity contribution in [3.8, 4) is 0 Å². The first-order valence-corrected chi connectivity index (χ1v) is 4.56. The van der Waals surface area contributed by atoms with Crippen molar-refractivity contribution in [2.45, 2.75) is 0 Å². The number of aromatic nitrogens is 1. The maximum absolute atomic E-state index is 13.0. The van der Waals surface area contributed by atoms with Crippen LogP contribution in [0.1, 0.15) is 10.5 Å². The molecule has 2 aromatic rings. The minimum absolute atomic E-state index is 0.110. The van der Waals surface area contributed by atoms with Crippen LogP contribution in [0.5, 0.6) is 0 Å². The van der Waals surface area contributed by atoms with E-state index in [-0.39, 0.29) is 5.69 Å². The molecule has 0 saturated heterocycles. The van der Waals surface area contributed by atoms with Crippen LogP contribution in [-0.4, -0.2) is 18.1 Å². The number of nitrogens with zero attached hydrogens (tertiary/aromatic N) is 1. The molecule has 0 fully saturated rings. The highest BCUT2D eigenvalue weighted by Crippen LogP contribution is 2.21. The number of benzene rings is 1. The molecule has 4 nitrogen and oxygen atoms in total. The van der Waals surface area contributed by atoms with Crippen molar-refractivity contribution in [2.24, 2.45) is 0 Å². The predicted molar refractivity (Wildman–Crippen MR) is 57.5 cm³/mol. The van der Waals surface area contributed by atoms with Gasteiger partial charge >= 0.3 is 5.97 Å². The number of hydrogen-bond acceptors (Lipinski definition) is 4. The molecular weight excluding hydrogens is 211 g/mol. The number of carbonyl (C=O) groups excluding carboxylic acids is 1. The van der Waals surface area contributed by atoms with E-state index in [1.807, 2.05) is 0 Å². The lowest BCUT2D eigenvalue weighted by atomic mass is 10.1. The molecule has 0 aliphatic rings. The van der Waals surface area contributed by atoms with Gasteiger partial charge < -0.3 is 10.5 Å². The summed E-state index contributed by atoms with van der Waals surface area (Å²) < 4.78 is 17.5. The van der Waals surface area contributed by atoms with Gasteiger partial charge in [-0.1, -0.05) is 0 Å². The lowest BCUT2D eigenvalue weighted by molar-refractivity contribution is 0.0594. The molecule has 0 saturated carbocycles. The Morgan fingerprint density at radius 2 is 2.19 bits per heavy atom. The number of anilines is 1. The summed E-state index contributed by atoms with van der Waals surface area (Å²) in [6.45, 7) is 0. The molecule has 1 heterocycles. The summed E-state index contributed by atoms with van der Waals surface area (Å²) in [5.41, 5.74) is 6.57. The number of fused-ring (bicyclic) bond motifs is 1. The Balaban J connectivity index is 2.68. The summed E-state index contributed by atoms with van der Waals surface area (Å²) in [4.78, 5) is 15.3. The Labute approximate surface area is 90.8 Å². The molecule has 0 aliphatic heterocycles. The highest BCUT2D eigenvalue weighted by atomic mass is 19.1. The van der Waals surface area contributed by atoms with E-state index in [9.17, 15) is 9.18 Å². The van der Waals surface area contributed by atoms with Crippen molar-refractivity contribution in [3.05, 3.63) is 35.8 Å². The molecule has 1 aromatic carbocycles. The Morgan fingerprint density at radius 1 is 1.44 bits per heavy atom. The van der Waals surface area contributed by atoms with Gasteiger partial charge in [-0.05, 0) is 24.3 Å². The Bertz CT molecular complexity index is 569. The molecule has 0 bridgehead atoms. The monoisotopic (exact) mass is 220 g/mol. The van der Waals surface area contributed by atoms with Gasteiger partial charge in [-0.3, -0.25) is 0 Å². The van der Waals surface area contributed by atoms with Gasteiger partial charge in [0.25, 0.3) is 0 Å². The molecular formula is C11H9FN2O2. The normalized spacial score (nSPS) is 10.4. The zero-order chi connectivity index (χ0) is 11.7. The average molecular weight is 220 g/mol. The van der Waals surface area contributed by atoms with Crippen LogP contribution in [-0.2, 0) is 4.74 Å². The van der Waals surface area contributed by atoms with E-state index in [0.29, 0.717) is 16.6 Å². The molecule has 82 valence electrons. The molecule has 0 aliphatic carbocycles. The molecule has 0 unspecified atom stereocenters. The van der Waals surface area contributed by atoms with Crippen LogP contribution in [0, 0.1) is 5.82 Å². The Morgan fingerprint density at radius 3 is 2.88 bits per heavy atom. The van der Waals surface area contributed by atoms with E-state index in [4.69, 9.17) is 5.73 Å². The van der Waals surface area contributed by atoms with Gasteiger partial charge in [0.1, 0.15) is 5.82 Å². The zero-order valence-corrected chi connectivity index (χ0v) is 8.53. The van der Waals surface area contributed by atoms with Crippen molar-refractivity contribution in [3.63, 3.8) is 0 Å². The molecule has 2 N–H and O–H groups in total. The molecule has 0 atom stereocenters. The number of hydrogen-bond donors (Lipinski definition) is 1. The van der Waals surface area contributed by atoms with Crippen molar-refractivity contribution >= 4 is 22.6 Å². The molecule has 2 rings (SSSR count). The van der Waals surface area contributed by atoms with E-state index >= 15 is 0 Å². The van der Waals surface area contributed by atoms with Crippen LogP contribution in [0.25, 0.3) is 10.9 Å². The fourth-order valence-corrected chi connectivity index (χ4v) is 1.43. The summed E-state index contributed by atoms with van der Waals surface area (Å²) in [6.07, 6.45) is 0. The molecule has 0 amide bonds. The molecule has 0 radical (unpaired) electrons. The maximum Gasteiger partial charge on any atom is 0.356 e. The van der Waals surface area contributed by atoms with Crippen LogP contribution in [0.2, 0.25) is 0 Å². The first-order chi connectivity index (χ1) is 7.61. The van der Waals surface area contributed by atoms with Crippen LogP contribution in [0.3, 0.4) is 0 Å². The van der Waals surface area contributed by atoms with Gasteiger partial charge in [0.05, 0.1) is 12.6 Å². The quantitative estimate of drug-likeness (QED) is 0.743. The molecule has 5 heteroatoms. The van der Waals surface area contributed by atoms with Crippen LogP contribution >= 0.6 is 0 Å². The lowest BCUT2D eigenvalue weighted by Crippen LogP contribution is -2.05. The second kappa shape index (κ2) is 3.77. The fourth-order valence-electron chi connectivity index (χ4n) is 1.43. The Hall–Kier alpha value is -2.17. The minimum Gasteiger partial charge on any atom is -0.464 e. The number of pyridine rings is 1. The van der Waals surface area contributed by atoms with Crippen molar-refractivity contribution in [1.29, 1.82) is 0 Å². The highest BCUT2D eigenvalue weighted by molar-refractivity contribution is 5.96. The number of nitrogen functional groups attached to an aromatic ring is 1. The van der Waals surface area contributed by atoms with Crippen LogP contribution in [0.15, 0.2) is 24.3 Å². The zero-order valence-electron chi connectivity index (χ0n) is 8.53. The standard InChI is InChI=1S/C11H9FN2O2/c1-16-11(15)10-5-8(13)7-4-6(12)2-3-9(7)14-10/h2-5H,1H3,(H2,13,14).